The van der Waals surface area contributed by atoms with Gasteiger partial charge < -0.3 is 15.1 Å². The van der Waals surface area contributed by atoms with E-state index in [1.54, 1.807) is 18.2 Å². The number of carbonyl (C=O) groups is 1. The number of para-hydroxylation sites is 1. The Hall–Kier alpha value is -2.70. The van der Waals surface area contributed by atoms with Crippen LogP contribution in [0.1, 0.15) is 36.2 Å². The molecule has 1 aliphatic heterocycles. The van der Waals surface area contributed by atoms with Gasteiger partial charge in [0.1, 0.15) is 23.7 Å². The minimum absolute atomic E-state index is 0.129. The number of piperazine rings is 1. The second-order valence-corrected chi connectivity index (χ2v) is 7.14. The number of carbonyl (C=O) groups excluding carboxylic acids is 1. The number of hydrogen-bond donors (Lipinski definition) is 1. The van der Waals surface area contributed by atoms with E-state index in [-0.39, 0.29) is 17.8 Å². The Morgan fingerprint density at radius 3 is 2.48 bits per heavy atom. The zero-order valence-corrected chi connectivity index (χ0v) is 15.3. The summed E-state index contributed by atoms with van der Waals surface area (Å²) in [5, 5.41) is 3.06. The van der Waals surface area contributed by atoms with E-state index in [9.17, 15) is 9.18 Å². The van der Waals surface area contributed by atoms with Crippen LogP contribution in [0.3, 0.4) is 0 Å². The molecule has 1 saturated carbocycles. The summed E-state index contributed by atoms with van der Waals surface area (Å²) >= 11 is 0. The van der Waals surface area contributed by atoms with Gasteiger partial charge >= 0.3 is 0 Å². The van der Waals surface area contributed by atoms with Crippen molar-refractivity contribution in [1.29, 1.82) is 0 Å². The van der Waals surface area contributed by atoms with Gasteiger partial charge in [-0.15, -0.1) is 0 Å². The molecule has 2 fully saturated rings. The molecular weight excluding hydrogens is 345 g/mol. The highest BCUT2D eigenvalue weighted by molar-refractivity contribution is 5.93. The van der Waals surface area contributed by atoms with E-state index < -0.39 is 0 Å². The van der Waals surface area contributed by atoms with E-state index in [1.807, 2.05) is 11.0 Å². The third-order valence-corrected chi connectivity index (χ3v) is 5.37. The Kier molecular flexibility index (Phi) is 5.18. The maximum Gasteiger partial charge on any atom is 0.270 e. The lowest BCUT2D eigenvalue weighted by Crippen LogP contribution is -2.47. The zero-order valence-electron chi connectivity index (χ0n) is 15.3. The van der Waals surface area contributed by atoms with Crippen molar-refractivity contribution in [3.05, 3.63) is 48.2 Å². The van der Waals surface area contributed by atoms with Gasteiger partial charge in [-0.3, -0.25) is 4.79 Å². The summed E-state index contributed by atoms with van der Waals surface area (Å²) in [6, 6.07) is 8.87. The van der Waals surface area contributed by atoms with Gasteiger partial charge in [0, 0.05) is 38.3 Å². The van der Waals surface area contributed by atoms with E-state index in [2.05, 4.69) is 20.2 Å². The standard InChI is InChI=1S/C20H24FN5O/c21-16-7-3-4-8-18(16)25-9-11-26(12-10-25)19-13-17(22-14-23-19)20(27)24-15-5-1-2-6-15/h3-4,7-8,13-15H,1-2,5-6,9-12H2,(H,24,27). The minimum Gasteiger partial charge on any atom is -0.366 e. The molecule has 1 saturated heterocycles. The molecule has 1 amide bonds. The number of amides is 1. The fourth-order valence-electron chi connectivity index (χ4n) is 3.86. The van der Waals surface area contributed by atoms with Gasteiger partial charge in [-0.2, -0.15) is 0 Å². The first-order chi connectivity index (χ1) is 13.2. The number of benzene rings is 1. The average molecular weight is 369 g/mol. The van der Waals surface area contributed by atoms with Crippen LogP contribution in [0.4, 0.5) is 15.9 Å². The summed E-state index contributed by atoms with van der Waals surface area (Å²) in [6.45, 7) is 2.84. The number of aromatic nitrogens is 2. The average Bonchev–Trinajstić information content (AvgIpc) is 3.22. The highest BCUT2D eigenvalue weighted by atomic mass is 19.1. The predicted molar refractivity (Wildman–Crippen MR) is 103 cm³/mol. The minimum atomic E-state index is -0.196. The van der Waals surface area contributed by atoms with Gasteiger partial charge in [0.15, 0.2) is 0 Å². The number of nitrogens with zero attached hydrogens (tertiary/aromatic N) is 4. The molecule has 4 rings (SSSR count). The van der Waals surface area contributed by atoms with Gasteiger partial charge in [0.05, 0.1) is 5.69 Å². The molecule has 27 heavy (non-hydrogen) atoms. The normalized spacial score (nSPS) is 18.0. The van der Waals surface area contributed by atoms with Crippen LogP contribution in [-0.2, 0) is 0 Å². The fourth-order valence-corrected chi connectivity index (χ4v) is 3.86. The highest BCUT2D eigenvalue weighted by Gasteiger charge is 2.22. The van der Waals surface area contributed by atoms with Gasteiger partial charge in [0.25, 0.3) is 5.91 Å². The quantitative estimate of drug-likeness (QED) is 0.898. The van der Waals surface area contributed by atoms with Crippen molar-refractivity contribution in [2.45, 2.75) is 31.7 Å². The van der Waals surface area contributed by atoms with Crippen molar-refractivity contribution in [3.63, 3.8) is 0 Å². The monoisotopic (exact) mass is 369 g/mol. The topological polar surface area (TPSA) is 61.4 Å². The lowest BCUT2D eigenvalue weighted by atomic mass is 10.2. The highest BCUT2D eigenvalue weighted by Crippen LogP contribution is 2.22. The Labute approximate surface area is 158 Å². The van der Waals surface area contributed by atoms with Gasteiger partial charge in [-0.25, -0.2) is 14.4 Å². The Morgan fingerprint density at radius 2 is 1.74 bits per heavy atom. The van der Waals surface area contributed by atoms with Crippen molar-refractivity contribution in [3.8, 4) is 0 Å². The maximum absolute atomic E-state index is 14.0. The molecule has 1 aromatic heterocycles. The zero-order chi connectivity index (χ0) is 18.6. The van der Waals surface area contributed by atoms with Crippen LogP contribution in [0.15, 0.2) is 36.7 Å². The Morgan fingerprint density at radius 1 is 1.04 bits per heavy atom. The van der Waals surface area contributed by atoms with E-state index in [0.717, 1.165) is 31.7 Å². The van der Waals surface area contributed by atoms with Crippen LogP contribution in [0.2, 0.25) is 0 Å². The molecule has 0 atom stereocenters. The Balaban J connectivity index is 1.39. The summed E-state index contributed by atoms with van der Waals surface area (Å²) in [5.74, 6) is 0.421. The molecular formula is C20H24FN5O. The van der Waals surface area contributed by atoms with Crippen LogP contribution < -0.4 is 15.1 Å². The third kappa shape index (κ3) is 4.02. The molecule has 2 heterocycles. The first kappa shape index (κ1) is 17.7. The third-order valence-electron chi connectivity index (χ3n) is 5.37. The molecule has 0 radical (unpaired) electrons. The van der Waals surface area contributed by atoms with Gasteiger partial charge in [0.2, 0.25) is 0 Å². The van der Waals surface area contributed by atoms with Crippen LogP contribution in [0.25, 0.3) is 0 Å². The molecule has 2 aliphatic rings. The molecule has 6 nitrogen and oxygen atoms in total. The number of hydrogen-bond acceptors (Lipinski definition) is 5. The molecule has 0 spiro atoms. The largest absolute Gasteiger partial charge is 0.366 e. The smallest absolute Gasteiger partial charge is 0.270 e. The first-order valence-electron chi connectivity index (χ1n) is 9.58. The summed E-state index contributed by atoms with van der Waals surface area (Å²) < 4.78 is 14.0. The number of anilines is 2. The number of halogens is 1. The number of rotatable bonds is 4. The molecule has 1 aromatic carbocycles. The van der Waals surface area contributed by atoms with E-state index in [4.69, 9.17) is 0 Å². The van der Waals surface area contributed by atoms with Crippen molar-refractivity contribution >= 4 is 17.4 Å². The molecule has 142 valence electrons. The van der Waals surface area contributed by atoms with Crippen LogP contribution in [0.5, 0.6) is 0 Å². The molecule has 1 aliphatic carbocycles. The fraction of sp³-hybridized carbons (Fsp3) is 0.450. The molecule has 7 heteroatoms. The number of nitrogens with one attached hydrogen (secondary N) is 1. The van der Waals surface area contributed by atoms with Crippen molar-refractivity contribution in [2.75, 3.05) is 36.0 Å². The van der Waals surface area contributed by atoms with Crippen molar-refractivity contribution in [1.82, 2.24) is 15.3 Å². The predicted octanol–water partition coefficient (Wildman–Crippen LogP) is 2.61. The molecule has 0 unspecified atom stereocenters. The lowest BCUT2D eigenvalue weighted by Gasteiger charge is -2.36. The summed E-state index contributed by atoms with van der Waals surface area (Å²) in [7, 11) is 0. The molecule has 1 N–H and O–H groups in total. The van der Waals surface area contributed by atoms with Crippen LogP contribution in [-0.4, -0.2) is 48.1 Å². The van der Waals surface area contributed by atoms with Crippen LogP contribution >= 0.6 is 0 Å². The second-order valence-electron chi connectivity index (χ2n) is 7.14. The van der Waals surface area contributed by atoms with Crippen LogP contribution in [0, 0.1) is 5.82 Å². The first-order valence-corrected chi connectivity index (χ1v) is 9.58. The SMILES string of the molecule is O=C(NC1CCCC1)c1cc(N2CCN(c3ccccc3F)CC2)ncn1. The summed E-state index contributed by atoms with van der Waals surface area (Å²) in [6.07, 6.45) is 5.88. The van der Waals surface area contributed by atoms with Crippen molar-refractivity contribution in [2.24, 2.45) is 0 Å². The van der Waals surface area contributed by atoms with Gasteiger partial charge in [-0.1, -0.05) is 25.0 Å². The Bertz CT molecular complexity index is 800. The van der Waals surface area contributed by atoms with E-state index >= 15 is 0 Å². The molecule has 0 bridgehead atoms. The summed E-state index contributed by atoms with van der Waals surface area (Å²) in [5.41, 5.74) is 1.04. The summed E-state index contributed by atoms with van der Waals surface area (Å²) in [4.78, 5) is 25.1. The second kappa shape index (κ2) is 7.90. The lowest BCUT2D eigenvalue weighted by molar-refractivity contribution is 0.0932. The van der Waals surface area contributed by atoms with E-state index in [1.165, 1.54) is 25.2 Å². The molecule has 2 aromatic rings. The maximum atomic E-state index is 14.0. The van der Waals surface area contributed by atoms with Gasteiger partial charge in [-0.05, 0) is 25.0 Å². The van der Waals surface area contributed by atoms with E-state index in [0.29, 0.717) is 24.5 Å². The van der Waals surface area contributed by atoms with Crippen molar-refractivity contribution < 1.29 is 9.18 Å².